The van der Waals surface area contributed by atoms with Gasteiger partial charge in [-0.3, -0.25) is 19.7 Å². The Hall–Kier alpha value is -3.03. The van der Waals surface area contributed by atoms with Crippen molar-refractivity contribution in [2.75, 3.05) is 53.6 Å². The van der Waals surface area contributed by atoms with Gasteiger partial charge in [0.05, 0.1) is 91.8 Å². The molecule has 0 radical (unpaired) electrons. The highest BCUT2D eigenvalue weighted by Gasteiger charge is 2.51. The van der Waals surface area contributed by atoms with Crippen molar-refractivity contribution in [3.8, 4) is 40.9 Å². The highest BCUT2D eigenvalue weighted by Crippen LogP contribution is 2.49. The van der Waals surface area contributed by atoms with E-state index in [0.29, 0.717) is 17.9 Å². The topological polar surface area (TPSA) is 261 Å². The van der Waals surface area contributed by atoms with E-state index in [0.717, 1.165) is 18.9 Å². The Labute approximate surface area is 448 Å². The number of methoxy groups -OCH3 is 4. The van der Waals surface area contributed by atoms with Gasteiger partial charge in [0.15, 0.2) is 41.8 Å². The monoisotopic (exact) mass is 1160 g/mol. The smallest absolute Gasteiger partial charge is 0.411 e. The van der Waals surface area contributed by atoms with Gasteiger partial charge in [-0.15, -0.1) is 0 Å². The number of ketones is 1. The van der Waals surface area contributed by atoms with Gasteiger partial charge in [0.2, 0.25) is 10.9 Å². The average molecular weight is 1160 g/mol. The van der Waals surface area contributed by atoms with Gasteiger partial charge in [-0.2, -0.15) is 5.48 Å². The van der Waals surface area contributed by atoms with Crippen LogP contribution in [0.5, 0.6) is 17.2 Å². The second-order valence-corrected chi connectivity index (χ2v) is 23.4. The van der Waals surface area contributed by atoms with E-state index in [1.165, 1.54) is 57.8 Å². The maximum Gasteiger partial charge on any atom is 0.411 e. The van der Waals surface area contributed by atoms with Crippen LogP contribution in [0.3, 0.4) is 0 Å². The maximum absolute atomic E-state index is 14.0. The van der Waals surface area contributed by atoms with Crippen LogP contribution < -0.4 is 25.6 Å². The molecule has 1 aromatic rings. The molecule has 6 rings (SSSR count). The number of halogens is 1. The zero-order valence-electron chi connectivity index (χ0n) is 41.6. The highest BCUT2D eigenvalue weighted by atomic mass is 79.9. The molecule has 1 unspecified atom stereocenters. The normalized spacial score (nSPS) is 33.2. The number of nitrogens with one attached hydrogen (secondary N) is 3. The first-order chi connectivity index (χ1) is 34.9. The maximum atomic E-state index is 14.0. The van der Waals surface area contributed by atoms with Gasteiger partial charge in [-0.1, -0.05) is 70.0 Å². The third-order valence-electron chi connectivity index (χ3n) is 12.5. The Morgan fingerprint density at radius 1 is 1.03 bits per heavy atom. The molecule has 20 nitrogen and oxygen atoms in total. The van der Waals surface area contributed by atoms with Crippen molar-refractivity contribution in [2.24, 2.45) is 0 Å². The van der Waals surface area contributed by atoms with E-state index in [-0.39, 0.29) is 75.7 Å². The number of alkyl carbamates (subject to hydrolysis) is 1. The number of thioether (sulfide) groups is 1. The fourth-order valence-electron chi connectivity index (χ4n) is 8.92. The fourth-order valence-corrected chi connectivity index (χ4v) is 12.8. The molecule has 1 amide bonds. The number of hydrogen-bond donors (Lipinski definition) is 7. The molecule has 2 aliphatic carbocycles. The Balaban J connectivity index is 1.28. The third kappa shape index (κ3) is 13.9. The molecule has 402 valence electrons. The Kier molecular flexibility index (Phi) is 22.2. The number of benzene rings is 1. The summed E-state index contributed by atoms with van der Waals surface area (Å²) in [4.78, 5) is 46.8. The molecule has 3 aliphatic heterocycles. The lowest BCUT2D eigenvalue weighted by atomic mass is 9.75. The molecule has 14 atom stereocenters. The minimum atomic E-state index is -2.04. The summed E-state index contributed by atoms with van der Waals surface area (Å²) < 4.78 is 54.0. The number of phenolic OH excluding ortho intramolecular Hbond substituents is 1. The lowest BCUT2D eigenvalue weighted by Gasteiger charge is -2.46. The van der Waals surface area contributed by atoms with E-state index in [2.05, 4.69) is 55.7 Å². The van der Waals surface area contributed by atoms with Gasteiger partial charge >= 0.3 is 6.09 Å². The molecular formula is C48H62BrN3O17S4. The van der Waals surface area contributed by atoms with E-state index in [1.54, 1.807) is 34.0 Å². The summed E-state index contributed by atoms with van der Waals surface area (Å²) >= 11 is 4.17. The lowest BCUT2D eigenvalue weighted by molar-refractivity contribution is -0.336. The minimum absolute atomic E-state index is 0.00357. The van der Waals surface area contributed by atoms with Crippen LogP contribution >= 0.6 is 59.1 Å². The van der Waals surface area contributed by atoms with Crippen molar-refractivity contribution in [1.29, 1.82) is 0 Å². The summed E-state index contributed by atoms with van der Waals surface area (Å²) in [5, 5.41) is 51.4. The third-order valence-corrected chi connectivity index (χ3v) is 18.6. The second kappa shape index (κ2) is 27.3. The van der Waals surface area contributed by atoms with Crippen molar-refractivity contribution in [2.45, 2.75) is 131 Å². The number of aromatic hydroxyl groups is 1. The number of hydrogen-bond acceptors (Lipinski definition) is 23. The van der Waals surface area contributed by atoms with E-state index < -0.39 is 95.8 Å². The summed E-state index contributed by atoms with van der Waals surface area (Å²) in [6.07, 6.45) is -5.85. The number of amides is 1. The predicted octanol–water partition coefficient (Wildman–Crippen LogP) is 4.20. The summed E-state index contributed by atoms with van der Waals surface area (Å²) in [7, 11) is 9.89. The fraction of sp³-hybridized carbons (Fsp3) is 0.604. The Bertz CT molecular complexity index is 2380. The summed E-state index contributed by atoms with van der Waals surface area (Å²) in [6, 6.07) is -1.22. The van der Waals surface area contributed by atoms with Crippen LogP contribution in [0.15, 0.2) is 39.5 Å². The molecule has 0 aromatic heterocycles. The quantitative estimate of drug-likeness (QED) is 0.0443. The Morgan fingerprint density at radius 3 is 2.44 bits per heavy atom. The number of carbonyl (C=O) groups is 3. The number of ether oxygens (including phenoxy) is 9. The lowest BCUT2D eigenvalue weighted by Crippen LogP contribution is -2.65. The van der Waals surface area contributed by atoms with Gasteiger partial charge in [0.1, 0.15) is 18.3 Å². The standard InChI is InChI=1S/C48H62BrN3O17S4/c1-10-50-27-22-64-32(20-31(27)60-5)68-43-40(56)37(52-69-33-19-28(53)44(25(4)65-33)72-45(57)34-23(2)36(49)39(55)42(62-7)41(34)61-6)24(3)66-46(43)67-30-15-13-11-12-14-17-48(59)21-29(54)38(51-47(58)63-8)35(30)26(48)16-18-71-73-70-9/h11-12,16,24-25,27-28,30-33,37,40,43-44,46,50,52-53,55-56,59H,10,18-22H2,1-9H3,(H,51,58)/b12-11-,26-16-/t24-,25-,27+,28+,30+,31+,32+,33+,37?,40+,43-,44-,46+,48+/m1/s1. The van der Waals surface area contributed by atoms with Crippen molar-refractivity contribution in [3.05, 3.63) is 50.7 Å². The number of carbonyl (C=O) groups excluding carboxylic acids is 3. The number of likely N-dealkylation sites (N-methyl/N-ethyl adjacent to an activating group) is 1. The van der Waals surface area contributed by atoms with Crippen LogP contribution in [0.25, 0.3) is 0 Å². The van der Waals surface area contributed by atoms with Crippen LogP contribution in [0.4, 0.5) is 4.79 Å². The first-order valence-electron chi connectivity index (χ1n) is 23.1. The largest absolute Gasteiger partial charge is 0.503 e. The molecule has 73 heavy (non-hydrogen) atoms. The number of fused-ring (bicyclic) bond motifs is 2. The number of rotatable bonds is 19. The molecule has 7 N–H and O–H groups in total. The van der Waals surface area contributed by atoms with Crippen molar-refractivity contribution in [1.82, 2.24) is 16.1 Å². The van der Waals surface area contributed by atoms with Crippen LogP contribution in [-0.2, 0) is 42.8 Å². The van der Waals surface area contributed by atoms with Crippen LogP contribution in [0.2, 0.25) is 0 Å². The molecule has 5 aliphatic rings. The number of Topliss-reactive ketones (excluding diaryl/α,β-unsaturated/α-hetero) is 1. The Morgan fingerprint density at radius 2 is 1.77 bits per heavy atom. The predicted molar refractivity (Wildman–Crippen MR) is 279 cm³/mol. The summed E-state index contributed by atoms with van der Waals surface area (Å²) in [6.45, 7) is 7.79. The van der Waals surface area contributed by atoms with Crippen molar-refractivity contribution < 1.29 is 82.3 Å². The average Bonchev–Trinajstić information content (AvgIpc) is 3.36. The van der Waals surface area contributed by atoms with Crippen molar-refractivity contribution in [3.63, 3.8) is 0 Å². The first kappa shape index (κ1) is 59.2. The van der Waals surface area contributed by atoms with E-state index in [9.17, 15) is 34.8 Å². The number of hydroxylamine groups is 1. The molecule has 25 heteroatoms. The molecular weight excluding hydrogens is 1100 g/mol. The first-order valence-corrected chi connectivity index (χ1v) is 28.9. The minimum Gasteiger partial charge on any atom is -0.503 e. The number of aliphatic hydroxyl groups excluding tert-OH is 2. The number of phenols is 1. The molecule has 3 saturated heterocycles. The van der Waals surface area contributed by atoms with Crippen LogP contribution in [0, 0.1) is 30.6 Å². The van der Waals surface area contributed by atoms with Gasteiger partial charge < -0.3 is 68.4 Å². The SMILES string of the molecule is CCN[C@H]1CO[C@@H](O[C@H]2[C@H](O[C@H]3C#C/C=C\C#C[C@]4(O)CC(=O)C(NC(=O)OC)=C3/C4=C/CSSSC)O[C@H](C)C(NO[C@H]3C[C@H](O)[C@H](SC(=O)c4c(C)c(Br)c(O)c(OC)c4OC)[C@@H](C)O3)[C@@H]2O)C[C@@H]1OC. The zero-order chi connectivity index (χ0) is 53.1. The molecule has 2 bridgehead atoms. The van der Waals surface area contributed by atoms with Gasteiger partial charge in [0, 0.05) is 36.9 Å². The molecule has 3 heterocycles. The van der Waals surface area contributed by atoms with E-state index >= 15 is 0 Å². The van der Waals surface area contributed by atoms with E-state index in [4.69, 9.17) is 47.5 Å². The molecule has 1 aromatic carbocycles. The van der Waals surface area contributed by atoms with Crippen LogP contribution in [-0.4, -0.2) is 176 Å². The second-order valence-electron chi connectivity index (χ2n) is 17.1. The molecule has 3 fully saturated rings. The zero-order valence-corrected chi connectivity index (χ0v) is 46.4. The van der Waals surface area contributed by atoms with Gasteiger partial charge in [-0.25, -0.2) is 4.79 Å². The van der Waals surface area contributed by atoms with E-state index in [1.807, 2.05) is 13.2 Å². The molecule has 0 spiro atoms. The van der Waals surface area contributed by atoms with Gasteiger partial charge in [-0.05, 0) is 77.0 Å². The molecule has 0 saturated carbocycles. The summed E-state index contributed by atoms with van der Waals surface area (Å²) in [5.41, 5.74) is 1.31. The highest BCUT2D eigenvalue weighted by molar-refractivity contribution is 9.10. The van der Waals surface area contributed by atoms with Gasteiger partial charge in [0.25, 0.3) is 0 Å². The summed E-state index contributed by atoms with van der Waals surface area (Å²) in [5.74, 6) is 10.9. The number of allylic oxidation sites excluding steroid dienone is 3. The number of aliphatic hydroxyl groups is 3. The van der Waals surface area contributed by atoms with Crippen LogP contribution in [0.1, 0.15) is 56.0 Å². The van der Waals surface area contributed by atoms with Crippen molar-refractivity contribution >= 4 is 76.1 Å².